The number of guanidine groups is 1. The van der Waals surface area contributed by atoms with Crippen LogP contribution in [0, 0.1) is 0 Å². The Kier molecular flexibility index (Phi) is 3.56. The van der Waals surface area contributed by atoms with Crippen molar-refractivity contribution in [3.05, 3.63) is 91.0 Å². The first-order chi connectivity index (χ1) is 11.8. The monoisotopic (exact) mass is 313 g/mol. The molecule has 1 saturated heterocycles. The van der Waals surface area contributed by atoms with Crippen molar-refractivity contribution < 1.29 is 4.79 Å². The molecule has 116 valence electrons. The first-order valence-electron chi connectivity index (χ1n) is 7.73. The lowest BCUT2D eigenvalue weighted by Gasteiger charge is -2.42. The predicted molar refractivity (Wildman–Crippen MR) is 96.8 cm³/mol. The number of benzene rings is 3. The molecular weight excluding hydrogens is 298 g/mol. The number of amides is 2. The molecule has 4 rings (SSSR count). The van der Waals surface area contributed by atoms with Gasteiger partial charge in [0.15, 0.2) is 0 Å². The number of nitrogens with zero attached hydrogens (tertiary/aromatic N) is 3. The van der Waals surface area contributed by atoms with Crippen LogP contribution in [0.2, 0.25) is 0 Å². The van der Waals surface area contributed by atoms with Gasteiger partial charge < -0.3 is 0 Å². The van der Waals surface area contributed by atoms with E-state index in [9.17, 15) is 4.79 Å². The molecule has 1 heterocycles. The number of hydrogen-bond donors (Lipinski definition) is 0. The fourth-order valence-corrected chi connectivity index (χ4v) is 2.65. The highest BCUT2D eigenvalue weighted by Gasteiger charge is 2.43. The van der Waals surface area contributed by atoms with Gasteiger partial charge in [0.05, 0.1) is 17.1 Å². The summed E-state index contributed by atoms with van der Waals surface area (Å²) >= 11 is 0. The minimum atomic E-state index is -0.109. The van der Waals surface area contributed by atoms with Crippen LogP contribution in [0.15, 0.2) is 96.0 Å². The second kappa shape index (κ2) is 6.01. The maximum absolute atomic E-state index is 12.7. The lowest BCUT2D eigenvalue weighted by Crippen LogP contribution is -2.65. The maximum atomic E-state index is 12.7. The molecule has 0 saturated carbocycles. The highest BCUT2D eigenvalue weighted by atomic mass is 16.2. The Balaban J connectivity index is 1.78. The number of rotatable bonds is 3. The van der Waals surface area contributed by atoms with E-state index in [0.717, 1.165) is 17.1 Å². The lowest BCUT2D eigenvalue weighted by molar-refractivity contribution is 0.253. The van der Waals surface area contributed by atoms with Crippen LogP contribution in [0.3, 0.4) is 0 Å². The number of anilines is 2. The van der Waals surface area contributed by atoms with E-state index in [2.05, 4.69) is 4.99 Å². The summed E-state index contributed by atoms with van der Waals surface area (Å²) in [5.74, 6) is 0.601. The minimum absolute atomic E-state index is 0.109. The number of carbonyl (C=O) groups is 1. The molecule has 0 atom stereocenters. The van der Waals surface area contributed by atoms with Crippen LogP contribution in [-0.2, 0) is 0 Å². The molecular formula is C20H15N3O. The van der Waals surface area contributed by atoms with Crippen LogP contribution in [0.1, 0.15) is 0 Å². The van der Waals surface area contributed by atoms with Crippen LogP contribution in [0.5, 0.6) is 0 Å². The molecule has 0 N–H and O–H groups in total. The van der Waals surface area contributed by atoms with Gasteiger partial charge in [-0.15, -0.1) is 0 Å². The summed E-state index contributed by atoms with van der Waals surface area (Å²) in [4.78, 5) is 20.7. The van der Waals surface area contributed by atoms with Crippen LogP contribution >= 0.6 is 0 Å². The van der Waals surface area contributed by atoms with E-state index in [-0.39, 0.29) is 6.03 Å². The molecule has 0 aromatic heterocycles. The Hall–Kier alpha value is -3.40. The van der Waals surface area contributed by atoms with Crippen molar-refractivity contribution in [3.8, 4) is 0 Å². The average molecular weight is 313 g/mol. The molecule has 1 aliphatic heterocycles. The molecule has 0 bridgehead atoms. The third kappa shape index (κ3) is 2.44. The number of hydrogen-bond acceptors (Lipinski definition) is 2. The maximum Gasteiger partial charge on any atom is 0.342 e. The molecule has 3 aromatic carbocycles. The number of aliphatic imine (C=N–C) groups is 1. The van der Waals surface area contributed by atoms with E-state index >= 15 is 0 Å². The van der Waals surface area contributed by atoms with Crippen molar-refractivity contribution in [1.82, 2.24) is 0 Å². The summed E-state index contributed by atoms with van der Waals surface area (Å²) in [7, 11) is 0. The van der Waals surface area contributed by atoms with Gasteiger partial charge in [-0.05, 0) is 36.4 Å². The molecule has 1 fully saturated rings. The van der Waals surface area contributed by atoms with Crippen molar-refractivity contribution in [2.75, 3.05) is 9.80 Å². The third-order valence-electron chi connectivity index (χ3n) is 3.80. The Morgan fingerprint density at radius 2 is 1.00 bits per heavy atom. The van der Waals surface area contributed by atoms with Gasteiger partial charge >= 0.3 is 6.03 Å². The zero-order valence-corrected chi connectivity index (χ0v) is 12.9. The smallest absolute Gasteiger partial charge is 0.247 e. The Morgan fingerprint density at radius 3 is 1.46 bits per heavy atom. The number of urea groups is 1. The SMILES string of the molecule is O=C1N(c2ccccc2)C(=Nc2ccccc2)N1c1ccccc1. The van der Waals surface area contributed by atoms with Crippen LogP contribution in [-0.4, -0.2) is 12.0 Å². The molecule has 0 radical (unpaired) electrons. The van der Waals surface area contributed by atoms with Gasteiger partial charge in [0.1, 0.15) is 0 Å². The van der Waals surface area contributed by atoms with E-state index in [1.54, 1.807) is 9.80 Å². The van der Waals surface area contributed by atoms with Gasteiger partial charge in [0, 0.05) is 0 Å². The van der Waals surface area contributed by atoms with Crippen molar-refractivity contribution in [1.29, 1.82) is 0 Å². The van der Waals surface area contributed by atoms with E-state index in [0.29, 0.717) is 5.96 Å². The Labute approximate surface area is 140 Å². The van der Waals surface area contributed by atoms with Gasteiger partial charge in [0.2, 0.25) is 5.96 Å². The molecule has 0 unspecified atom stereocenters. The van der Waals surface area contributed by atoms with E-state index in [1.807, 2.05) is 91.0 Å². The quantitative estimate of drug-likeness (QED) is 0.683. The normalized spacial score (nSPS) is 13.7. The molecule has 24 heavy (non-hydrogen) atoms. The topological polar surface area (TPSA) is 35.9 Å². The fourth-order valence-electron chi connectivity index (χ4n) is 2.65. The number of para-hydroxylation sites is 3. The van der Waals surface area contributed by atoms with Crippen LogP contribution in [0.25, 0.3) is 0 Å². The molecule has 4 nitrogen and oxygen atoms in total. The fraction of sp³-hybridized carbons (Fsp3) is 0. The van der Waals surface area contributed by atoms with E-state index in [1.165, 1.54) is 0 Å². The van der Waals surface area contributed by atoms with E-state index < -0.39 is 0 Å². The van der Waals surface area contributed by atoms with Gasteiger partial charge in [-0.3, -0.25) is 0 Å². The Morgan fingerprint density at radius 1 is 0.583 bits per heavy atom. The van der Waals surface area contributed by atoms with Gasteiger partial charge in [0.25, 0.3) is 0 Å². The summed E-state index contributed by atoms with van der Waals surface area (Å²) in [6.45, 7) is 0. The molecule has 4 heteroatoms. The first kappa shape index (κ1) is 14.2. The first-order valence-corrected chi connectivity index (χ1v) is 7.73. The molecule has 1 aliphatic rings. The Bertz CT molecular complexity index is 825. The van der Waals surface area contributed by atoms with Gasteiger partial charge in [-0.1, -0.05) is 54.6 Å². The largest absolute Gasteiger partial charge is 0.342 e. The van der Waals surface area contributed by atoms with Crippen molar-refractivity contribution in [3.63, 3.8) is 0 Å². The summed E-state index contributed by atoms with van der Waals surface area (Å²) < 4.78 is 0. The molecule has 0 spiro atoms. The zero-order chi connectivity index (χ0) is 16.4. The third-order valence-corrected chi connectivity index (χ3v) is 3.80. The highest BCUT2D eigenvalue weighted by Crippen LogP contribution is 2.31. The minimum Gasteiger partial charge on any atom is -0.247 e. The zero-order valence-electron chi connectivity index (χ0n) is 12.9. The summed E-state index contributed by atoms with van der Waals surface area (Å²) in [6, 6.07) is 28.6. The van der Waals surface area contributed by atoms with Gasteiger partial charge in [-0.25, -0.2) is 19.6 Å². The summed E-state index contributed by atoms with van der Waals surface area (Å²) in [6.07, 6.45) is 0. The molecule has 3 aromatic rings. The van der Waals surface area contributed by atoms with Crippen molar-refractivity contribution in [2.45, 2.75) is 0 Å². The number of carbonyl (C=O) groups excluding carboxylic acids is 1. The second-order valence-electron chi connectivity index (χ2n) is 5.37. The summed E-state index contributed by atoms with van der Waals surface area (Å²) in [5.41, 5.74) is 2.43. The summed E-state index contributed by atoms with van der Waals surface area (Å²) in [5, 5.41) is 0. The lowest BCUT2D eigenvalue weighted by atomic mass is 10.2. The van der Waals surface area contributed by atoms with E-state index in [4.69, 9.17) is 0 Å². The predicted octanol–water partition coefficient (Wildman–Crippen LogP) is 4.82. The molecule has 0 aliphatic carbocycles. The molecule has 2 amide bonds. The standard InChI is InChI=1S/C20H15N3O/c24-20-22(17-12-6-2-7-13-17)19(21-16-10-4-1-5-11-16)23(20)18-14-8-3-9-15-18/h1-15H. The highest BCUT2D eigenvalue weighted by molar-refractivity contribution is 6.43. The van der Waals surface area contributed by atoms with Crippen molar-refractivity contribution in [2.24, 2.45) is 4.99 Å². The van der Waals surface area contributed by atoms with Crippen LogP contribution in [0.4, 0.5) is 21.9 Å². The average Bonchev–Trinajstić information content (AvgIpc) is 2.64. The van der Waals surface area contributed by atoms with Gasteiger partial charge in [-0.2, -0.15) is 0 Å². The second-order valence-corrected chi connectivity index (χ2v) is 5.37. The van der Waals surface area contributed by atoms with Crippen molar-refractivity contribution >= 4 is 29.1 Å². The van der Waals surface area contributed by atoms with Crippen LogP contribution < -0.4 is 9.80 Å².